The number of rotatable bonds is 5. The second kappa shape index (κ2) is 12.3. The van der Waals surface area contributed by atoms with Crippen LogP contribution in [0.5, 0.6) is 0 Å². The Hall–Kier alpha value is -6.48. The fraction of sp³-hybridized carbons (Fsp3) is 0.0566. The summed E-state index contributed by atoms with van der Waals surface area (Å²) in [7, 11) is 0. The van der Waals surface area contributed by atoms with Gasteiger partial charge in [-0.15, -0.1) is 11.3 Å². The van der Waals surface area contributed by atoms with Crippen LogP contribution in [0.3, 0.4) is 0 Å². The second-order valence-electron chi connectivity index (χ2n) is 15.4. The lowest BCUT2D eigenvalue weighted by molar-refractivity contribution is 0.660. The first-order valence-electron chi connectivity index (χ1n) is 19.1. The van der Waals surface area contributed by atoms with Crippen molar-refractivity contribution in [3.8, 4) is 33.4 Å². The molecule has 260 valence electrons. The molecule has 11 rings (SSSR count). The Labute approximate surface area is 325 Å². The van der Waals surface area contributed by atoms with E-state index in [1.807, 2.05) is 11.3 Å². The molecule has 1 nitrogen and oxygen atoms in total. The third-order valence-corrected chi connectivity index (χ3v) is 13.0. The van der Waals surface area contributed by atoms with E-state index in [9.17, 15) is 0 Å². The number of fused-ring (bicyclic) bond motifs is 8. The molecule has 1 heterocycles. The molecule has 0 N–H and O–H groups in total. The van der Waals surface area contributed by atoms with Crippen LogP contribution in [0, 0.1) is 0 Å². The molecule has 9 aromatic carbocycles. The standard InChI is InChI=1S/C53H37NS/c1-53(2)49-17-9-7-15-44(49)45-28-27-43(33-50(45)53)54(42-26-21-35-12-4-6-14-38(35)30-42)41-24-22-36(23-25-41)47-31-40(39-20-19-34-11-3-5-13-37(34)29-39)32-48-46-16-8-10-18-51(46)55-52(47)48/h3-33H,1-2H3. The summed E-state index contributed by atoms with van der Waals surface area (Å²) in [6, 6.07) is 69.7. The Kier molecular flexibility index (Phi) is 7.14. The van der Waals surface area contributed by atoms with Crippen molar-refractivity contribution < 1.29 is 0 Å². The molecule has 55 heavy (non-hydrogen) atoms. The van der Waals surface area contributed by atoms with Gasteiger partial charge < -0.3 is 4.90 Å². The van der Waals surface area contributed by atoms with Gasteiger partial charge in [-0.25, -0.2) is 0 Å². The Balaban J connectivity index is 1.07. The number of nitrogens with zero attached hydrogens (tertiary/aromatic N) is 1. The highest BCUT2D eigenvalue weighted by atomic mass is 32.1. The van der Waals surface area contributed by atoms with Gasteiger partial charge in [0.25, 0.3) is 0 Å². The van der Waals surface area contributed by atoms with Gasteiger partial charge in [-0.1, -0.05) is 141 Å². The zero-order valence-corrected chi connectivity index (χ0v) is 31.6. The first-order valence-corrected chi connectivity index (χ1v) is 19.9. The highest BCUT2D eigenvalue weighted by Gasteiger charge is 2.35. The van der Waals surface area contributed by atoms with Crippen LogP contribution in [0.4, 0.5) is 17.1 Å². The molecule has 2 heteroatoms. The molecule has 0 unspecified atom stereocenters. The van der Waals surface area contributed by atoms with Crippen LogP contribution in [0.2, 0.25) is 0 Å². The van der Waals surface area contributed by atoms with Gasteiger partial charge in [0, 0.05) is 48.2 Å². The number of hydrogen-bond donors (Lipinski definition) is 0. The summed E-state index contributed by atoms with van der Waals surface area (Å²) in [5, 5.41) is 7.61. The molecule has 0 amide bonds. The van der Waals surface area contributed by atoms with E-state index in [0.717, 1.165) is 17.1 Å². The van der Waals surface area contributed by atoms with Crippen molar-refractivity contribution in [3.05, 3.63) is 199 Å². The average molecular weight is 720 g/mol. The Bertz CT molecular complexity index is 3130. The lowest BCUT2D eigenvalue weighted by atomic mass is 9.82. The molecule has 0 aliphatic heterocycles. The van der Waals surface area contributed by atoms with Crippen molar-refractivity contribution >= 4 is 70.1 Å². The van der Waals surface area contributed by atoms with Gasteiger partial charge in [0.15, 0.2) is 0 Å². The minimum Gasteiger partial charge on any atom is -0.310 e. The van der Waals surface area contributed by atoms with Gasteiger partial charge in [0.1, 0.15) is 0 Å². The van der Waals surface area contributed by atoms with Gasteiger partial charge in [-0.3, -0.25) is 0 Å². The van der Waals surface area contributed by atoms with Gasteiger partial charge in [-0.2, -0.15) is 0 Å². The van der Waals surface area contributed by atoms with Crippen LogP contribution in [0.1, 0.15) is 25.0 Å². The summed E-state index contributed by atoms with van der Waals surface area (Å²) in [4.78, 5) is 2.43. The highest BCUT2D eigenvalue weighted by molar-refractivity contribution is 7.26. The van der Waals surface area contributed by atoms with Crippen molar-refractivity contribution in [1.29, 1.82) is 0 Å². The summed E-state index contributed by atoms with van der Waals surface area (Å²) >= 11 is 1.89. The molecule has 0 bridgehead atoms. The zero-order chi connectivity index (χ0) is 36.7. The molecule has 10 aromatic rings. The summed E-state index contributed by atoms with van der Waals surface area (Å²) < 4.78 is 2.64. The van der Waals surface area contributed by atoms with Crippen LogP contribution in [0.15, 0.2) is 188 Å². The fourth-order valence-electron chi connectivity index (χ4n) is 8.96. The Morgan fingerprint density at radius 3 is 1.80 bits per heavy atom. The van der Waals surface area contributed by atoms with E-state index in [0.29, 0.717) is 0 Å². The predicted octanol–water partition coefficient (Wildman–Crippen LogP) is 15.5. The minimum absolute atomic E-state index is 0.0907. The summed E-state index contributed by atoms with van der Waals surface area (Å²) in [6.07, 6.45) is 0. The van der Waals surface area contributed by atoms with Gasteiger partial charge in [0.05, 0.1) is 0 Å². The van der Waals surface area contributed by atoms with E-state index < -0.39 is 0 Å². The van der Waals surface area contributed by atoms with E-state index in [1.54, 1.807) is 0 Å². The topological polar surface area (TPSA) is 3.24 Å². The smallest absolute Gasteiger partial charge is 0.0468 e. The monoisotopic (exact) mass is 719 g/mol. The molecule has 0 saturated carbocycles. The maximum atomic E-state index is 2.43. The molecule has 0 saturated heterocycles. The molecule has 0 fully saturated rings. The van der Waals surface area contributed by atoms with Crippen molar-refractivity contribution in [2.75, 3.05) is 4.90 Å². The summed E-state index contributed by atoms with van der Waals surface area (Å²) in [5.41, 5.74) is 13.7. The normalized spacial score (nSPS) is 13.1. The van der Waals surface area contributed by atoms with Gasteiger partial charge in [-0.05, 0) is 121 Å². The van der Waals surface area contributed by atoms with Crippen LogP contribution in [-0.2, 0) is 5.41 Å². The Morgan fingerprint density at radius 2 is 0.982 bits per heavy atom. The maximum Gasteiger partial charge on any atom is 0.0468 e. The quantitative estimate of drug-likeness (QED) is 0.171. The number of benzene rings is 9. The molecule has 0 atom stereocenters. The Morgan fingerprint density at radius 1 is 0.382 bits per heavy atom. The van der Waals surface area contributed by atoms with E-state index in [4.69, 9.17) is 0 Å². The molecule has 1 aliphatic carbocycles. The van der Waals surface area contributed by atoms with Gasteiger partial charge >= 0.3 is 0 Å². The second-order valence-corrected chi connectivity index (χ2v) is 16.4. The summed E-state index contributed by atoms with van der Waals surface area (Å²) in [6.45, 7) is 4.72. The van der Waals surface area contributed by atoms with Crippen LogP contribution < -0.4 is 4.90 Å². The van der Waals surface area contributed by atoms with Crippen LogP contribution in [-0.4, -0.2) is 0 Å². The molecule has 0 radical (unpaired) electrons. The van der Waals surface area contributed by atoms with E-state index in [1.165, 1.54) is 86.2 Å². The largest absolute Gasteiger partial charge is 0.310 e. The third kappa shape index (κ3) is 5.13. The number of anilines is 3. The molecular weight excluding hydrogens is 683 g/mol. The van der Waals surface area contributed by atoms with Crippen molar-refractivity contribution in [1.82, 2.24) is 0 Å². The van der Waals surface area contributed by atoms with E-state index in [2.05, 4.69) is 207 Å². The van der Waals surface area contributed by atoms with Gasteiger partial charge in [0.2, 0.25) is 0 Å². The first kappa shape index (κ1) is 32.0. The average Bonchev–Trinajstić information content (AvgIpc) is 3.72. The zero-order valence-electron chi connectivity index (χ0n) is 30.8. The lowest BCUT2D eigenvalue weighted by Crippen LogP contribution is -2.16. The lowest BCUT2D eigenvalue weighted by Gasteiger charge is -2.28. The van der Waals surface area contributed by atoms with Crippen molar-refractivity contribution in [2.24, 2.45) is 0 Å². The van der Waals surface area contributed by atoms with Crippen LogP contribution >= 0.6 is 11.3 Å². The predicted molar refractivity (Wildman–Crippen MR) is 237 cm³/mol. The summed E-state index contributed by atoms with van der Waals surface area (Å²) in [5.74, 6) is 0. The molecule has 1 aromatic heterocycles. The number of hydrogen-bond acceptors (Lipinski definition) is 2. The molecule has 1 aliphatic rings. The van der Waals surface area contributed by atoms with Crippen LogP contribution in [0.25, 0.3) is 75.1 Å². The third-order valence-electron chi connectivity index (χ3n) is 11.8. The van der Waals surface area contributed by atoms with Crippen molar-refractivity contribution in [3.63, 3.8) is 0 Å². The number of thiophene rings is 1. The van der Waals surface area contributed by atoms with Crippen molar-refractivity contribution in [2.45, 2.75) is 19.3 Å². The molecular formula is C53H37NS. The minimum atomic E-state index is -0.0907. The van der Waals surface area contributed by atoms with E-state index in [-0.39, 0.29) is 5.41 Å². The SMILES string of the molecule is CC1(C)c2ccccc2-c2ccc(N(c3ccc(-c4cc(-c5ccc6ccccc6c5)cc5c4sc4ccccc45)cc3)c3ccc4ccccc4c3)cc21. The molecule has 0 spiro atoms. The highest BCUT2D eigenvalue weighted by Crippen LogP contribution is 2.51. The first-order chi connectivity index (χ1) is 27.0. The fourth-order valence-corrected chi connectivity index (χ4v) is 10.2. The van der Waals surface area contributed by atoms with E-state index >= 15 is 0 Å². The maximum absolute atomic E-state index is 2.43.